The summed E-state index contributed by atoms with van der Waals surface area (Å²) in [6.45, 7) is 4.10. The number of alkyl halides is 4. The van der Waals surface area contributed by atoms with Gasteiger partial charge in [-0.2, -0.15) is 0 Å². The van der Waals surface area contributed by atoms with Crippen LogP contribution in [0, 0.1) is 5.41 Å². The second kappa shape index (κ2) is 5.83. The summed E-state index contributed by atoms with van der Waals surface area (Å²) in [6, 6.07) is 5.93. The van der Waals surface area contributed by atoms with Crippen molar-refractivity contribution in [1.82, 2.24) is 0 Å². The predicted molar refractivity (Wildman–Crippen MR) is 65.9 cm³/mol. The third-order valence-electron chi connectivity index (χ3n) is 2.96. The van der Waals surface area contributed by atoms with Crippen LogP contribution in [0.5, 0.6) is 5.75 Å². The molecular formula is C13H16ClF3O. The molecular weight excluding hydrogens is 265 g/mol. The first kappa shape index (κ1) is 15.2. The Kier molecular flexibility index (Phi) is 4.91. The van der Waals surface area contributed by atoms with Gasteiger partial charge in [0.1, 0.15) is 5.75 Å². The quantitative estimate of drug-likeness (QED) is 0.705. The Morgan fingerprint density at radius 3 is 2.11 bits per heavy atom. The molecule has 0 aromatic heterocycles. The Bertz CT molecular complexity index is 369. The highest BCUT2D eigenvalue weighted by atomic mass is 35.5. The zero-order valence-corrected chi connectivity index (χ0v) is 11.1. The minimum atomic E-state index is -4.64. The predicted octanol–water partition coefficient (Wildman–Crippen LogP) is 4.78. The first-order valence-electron chi connectivity index (χ1n) is 5.69. The Balaban J connectivity index is 2.71. The average Bonchev–Trinajstić information content (AvgIpc) is 2.30. The summed E-state index contributed by atoms with van der Waals surface area (Å²) in [7, 11) is 0. The highest BCUT2D eigenvalue weighted by Crippen LogP contribution is 2.29. The third kappa shape index (κ3) is 4.77. The largest absolute Gasteiger partial charge is 0.573 e. The molecule has 0 N–H and O–H groups in total. The van der Waals surface area contributed by atoms with Gasteiger partial charge in [-0.05, 0) is 36.0 Å². The monoisotopic (exact) mass is 280 g/mol. The lowest BCUT2D eigenvalue weighted by Gasteiger charge is -2.25. The molecule has 1 nitrogen and oxygen atoms in total. The highest BCUT2D eigenvalue weighted by Gasteiger charge is 2.31. The molecule has 0 bridgehead atoms. The summed E-state index contributed by atoms with van der Waals surface area (Å²) in [5, 5.41) is 0. The lowest BCUT2D eigenvalue weighted by Crippen LogP contribution is -2.20. The third-order valence-corrected chi connectivity index (χ3v) is 3.61. The standard InChI is InChI=1S/C13H16ClF3O/c1-3-12(2,9-14)8-10-4-6-11(7-5-10)18-13(15,16)17/h4-7H,3,8-9H2,1-2H3. The van der Waals surface area contributed by atoms with Gasteiger partial charge in [-0.1, -0.05) is 26.0 Å². The van der Waals surface area contributed by atoms with Gasteiger partial charge in [0.15, 0.2) is 0 Å². The van der Waals surface area contributed by atoms with Crippen molar-refractivity contribution in [3.8, 4) is 5.75 Å². The van der Waals surface area contributed by atoms with Crippen LogP contribution in [0.4, 0.5) is 13.2 Å². The minimum absolute atomic E-state index is 0.0338. The van der Waals surface area contributed by atoms with Crippen molar-refractivity contribution in [2.24, 2.45) is 5.41 Å². The van der Waals surface area contributed by atoms with Crippen molar-refractivity contribution in [3.63, 3.8) is 0 Å². The molecule has 0 aliphatic carbocycles. The van der Waals surface area contributed by atoms with E-state index in [0.29, 0.717) is 5.88 Å². The summed E-state index contributed by atoms with van der Waals surface area (Å²) in [6.07, 6.45) is -2.99. The van der Waals surface area contributed by atoms with Crippen LogP contribution in [0.15, 0.2) is 24.3 Å². The number of halogens is 4. The molecule has 0 aliphatic rings. The van der Waals surface area contributed by atoms with Gasteiger partial charge in [0, 0.05) is 5.88 Å². The van der Waals surface area contributed by atoms with Crippen molar-refractivity contribution in [3.05, 3.63) is 29.8 Å². The van der Waals surface area contributed by atoms with Crippen LogP contribution in [0.3, 0.4) is 0 Å². The van der Waals surface area contributed by atoms with Gasteiger partial charge < -0.3 is 4.74 Å². The molecule has 5 heteroatoms. The molecule has 0 aliphatic heterocycles. The van der Waals surface area contributed by atoms with Crippen LogP contribution in [-0.4, -0.2) is 12.2 Å². The molecule has 0 fully saturated rings. The molecule has 0 saturated heterocycles. The second-order valence-electron chi connectivity index (χ2n) is 4.67. The van der Waals surface area contributed by atoms with E-state index in [1.54, 1.807) is 12.1 Å². The van der Waals surface area contributed by atoms with Crippen LogP contribution < -0.4 is 4.74 Å². The van der Waals surface area contributed by atoms with Crippen LogP contribution in [0.2, 0.25) is 0 Å². The fourth-order valence-corrected chi connectivity index (χ4v) is 1.85. The summed E-state index contributed by atoms with van der Waals surface area (Å²) >= 11 is 5.90. The molecule has 18 heavy (non-hydrogen) atoms. The zero-order chi connectivity index (χ0) is 13.8. The van der Waals surface area contributed by atoms with Crippen LogP contribution >= 0.6 is 11.6 Å². The van der Waals surface area contributed by atoms with Gasteiger partial charge >= 0.3 is 6.36 Å². The molecule has 0 spiro atoms. The van der Waals surface area contributed by atoms with E-state index in [9.17, 15) is 13.2 Å². The van der Waals surface area contributed by atoms with E-state index in [4.69, 9.17) is 11.6 Å². The number of hydrogen-bond acceptors (Lipinski definition) is 1. The minimum Gasteiger partial charge on any atom is -0.406 e. The molecule has 1 unspecified atom stereocenters. The van der Waals surface area contributed by atoms with Gasteiger partial charge in [-0.3, -0.25) is 0 Å². The van der Waals surface area contributed by atoms with Crippen LogP contribution in [0.25, 0.3) is 0 Å². The molecule has 1 rings (SSSR count). The molecule has 0 saturated carbocycles. The number of benzene rings is 1. The van der Waals surface area contributed by atoms with Crippen molar-refractivity contribution >= 4 is 11.6 Å². The lowest BCUT2D eigenvalue weighted by atomic mass is 9.83. The Morgan fingerprint density at radius 2 is 1.72 bits per heavy atom. The molecule has 1 aromatic carbocycles. The molecule has 1 atom stereocenters. The maximum absolute atomic E-state index is 12.0. The Morgan fingerprint density at radius 1 is 1.17 bits per heavy atom. The molecule has 102 valence electrons. The number of rotatable bonds is 5. The second-order valence-corrected chi connectivity index (χ2v) is 4.93. The van der Waals surface area contributed by atoms with Gasteiger partial charge in [0.2, 0.25) is 0 Å². The van der Waals surface area contributed by atoms with Crippen molar-refractivity contribution in [1.29, 1.82) is 0 Å². The van der Waals surface area contributed by atoms with Crippen LogP contribution in [0.1, 0.15) is 25.8 Å². The fourth-order valence-electron chi connectivity index (χ4n) is 1.57. The maximum atomic E-state index is 12.0. The van der Waals surface area contributed by atoms with Gasteiger partial charge in [-0.25, -0.2) is 0 Å². The van der Waals surface area contributed by atoms with Crippen molar-refractivity contribution < 1.29 is 17.9 Å². The zero-order valence-electron chi connectivity index (χ0n) is 10.4. The summed E-state index contributed by atoms with van der Waals surface area (Å²) in [4.78, 5) is 0. The SMILES string of the molecule is CCC(C)(CCl)Cc1ccc(OC(F)(F)F)cc1. The van der Waals surface area contributed by atoms with E-state index in [2.05, 4.69) is 11.7 Å². The first-order valence-corrected chi connectivity index (χ1v) is 6.22. The topological polar surface area (TPSA) is 9.23 Å². The van der Waals surface area contributed by atoms with E-state index >= 15 is 0 Å². The van der Waals surface area contributed by atoms with Crippen molar-refractivity contribution in [2.45, 2.75) is 33.1 Å². The number of ether oxygens (including phenoxy) is 1. The highest BCUT2D eigenvalue weighted by molar-refractivity contribution is 6.18. The van der Waals surface area contributed by atoms with E-state index in [-0.39, 0.29) is 11.2 Å². The fraction of sp³-hybridized carbons (Fsp3) is 0.538. The van der Waals surface area contributed by atoms with Crippen molar-refractivity contribution in [2.75, 3.05) is 5.88 Å². The van der Waals surface area contributed by atoms with E-state index in [1.165, 1.54) is 12.1 Å². The Hall–Kier alpha value is -0.900. The van der Waals surface area contributed by atoms with Gasteiger partial charge in [0.05, 0.1) is 0 Å². The normalized spacial score (nSPS) is 15.2. The molecule has 0 heterocycles. The summed E-state index contributed by atoms with van der Waals surface area (Å²) in [5.74, 6) is 0.319. The molecule has 0 amide bonds. The first-order chi connectivity index (χ1) is 8.28. The van der Waals surface area contributed by atoms with Crippen LogP contribution in [-0.2, 0) is 6.42 Å². The Labute approximate surface area is 110 Å². The number of hydrogen-bond donors (Lipinski definition) is 0. The average molecular weight is 281 g/mol. The smallest absolute Gasteiger partial charge is 0.406 e. The molecule has 1 aromatic rings. The van der Waals surface area contributed by atoms with Gasteiger partial charge in [0.25, 0.3) is 0 Å². The maximum Gasteiger partial charge on any atom is 0.573 e. The van der Waals surface area contributed by atoms with E-state index < -0.39 is 6.36 Å². The lowest BCUT2D eigenvalue weighted by molar-refractivity contribution is -0.274. The summed E-state index contributed by atoms with van der Waals surface area (Å²) < 4.78 is 39.8. The van der Waals surface area contributed by atoms with E-state index in [0.717, 1.165) is 18.4 Å². The summed E-state index contributed by atoms with van der Waals surface area (Å²) in [5.41, 5.74) is 0.919. The van der Waals surface area contributed by atoms with E-state index in [1.807, 2.05) is 6.92 Å². The van der Waals surface area contributed by atoms with Gasteiger partial charge in [-0.15, -0.1) is 24.8 Å². The molecule has 0 radical (unpaired) electrons.